The van der Waals surface area contributed by atoms with Gasteiger partial charge >= 0.3 is 5.69 Å². The van der Waals surface area contributed by atoms with Crippen LogP contribution in [-0.2, 0) is 27.8 Å². The van der Waals surface area contributed by atoms with Crippen molar-refractivity contribution in [3.05, 3.63) is 20.8 Å². The van der Waals surface area contributed by atoms with E-state index in [0.717, 1.165) is 38.7 Å². The van der Waals surface area contributed by atoms with Crippen LogP contribution < -0.4 is 16.0 Å². The van der Waals surface area contributed by atoms with Gasteiger partial charge in [-0.15, -0.1) is 0 Å². The van der Waals surface area contributed by atoms with Gasteiger partial charge in [-0.25, -0.2) is 4.79 Å². The van der Waals surface area contributed by atoms with E-state index in [1.165, 1.54) is 28.4 Å². The lowest BCUT2D eigenvalue weighted by molar-refractivity contribution is -0.163. The molecule has 1 aliphatic carbocycles. The number of hydrogen-bond donors (Lipinski definition) is 1. The maximum Gasteiger partial charge on any atom is 0.332 e. The predicted molar refractivity (Wildman–Crippen MR) is 118 cm³/mol. The van der Waals surface area contributed by atoms with E-state index in [1.807, 2.05) is 0 Å². The zero-order valence-corrected chi connectivity index (χ0v) is 18.8. The van der Waals surface area contributed by atoms with Gasteiger partial charge in [0.1, 0.15) is 6.61 Å². The zero-order chi connectivity index (χ0) is 22.3. The van der Waals surface area contributed by atoms with Gasteiger partial charge in [0.2, 0.25) is 0 Å². The summed E-state index contributed by atoms with van der Waals surface area (Å²) in [6, 6.07) is 0.217. The fraction of sp³-hybridized carbons (Fsp3) is 0.773. The number of aromatic amines is 1. The summed E-state index contributed by atoms with van der Waals surface area (Å²) in [6.45, 7) is 2.21. The first-order valence-electron chi connectivity index (χ1n) is 11.8. The predicted octanol–water partition coefficient (Wildman–Crippen LogP) is 2.08. The summed E-state index contributed by atoms with van der Waals surface area (Å²) in [5.41, 5.74) is -0.272. The molecular formula is C22H34N4O6. The fourth-order valence-corrected chi connectivity index (χ4v) is 4.36. The number of H-pyrrole nitrogens is 1. The molecule has 1 unspecified atom stereocenters. The molecule has 10 nitrogen and oxygen atoms in total. The number of fused-ring (bicyclic) bond motifs is 1. The van der Waals surface area contributed by atoms with Crippen LogP contribution in [-0.4, -0.2) is 57.9 Å². The molecular weight excluding hydrogens is 416 g/mol. The summed E-state index contributed by atoms with van der Waals surface area (Å²) in [7, 11) is 1.60. The third-order valence-corrected chi connectivity index (χ3v) is 6.15. The molecule has 10 heteroatoms. The minimum Gasteiger partial charge on any atom is -0.462 e. The van der Waals surface area contributed by atoms with Crippen LogP contribution in [0.3, 0.4) is 0 Å². The highest BCUT2D eigenvalue weighted by Crippen LogP contribution is 2.20. The van der Waals surface area contributed by atoms with E-state index in [1.54, 1.807) is 7.05 Å². The Morgan fingerprint density at radius 2 is 1.84 bits per heavy atom. The molecule has 0 spiro atoms. The average Bonchev–Trinajstić information content (AvgIpc) is 3.26. The molecule has 2 fully saturated rings. The number of rotatable bonds is 10. The Labute approximate surface area is 186 Å². The van der Waals surface area contributed by atoms with Gasteiger partial charge in [0.15, 0.2) is 17.5 Å². The molecule has 4 rings (SSSR count). The Kier molecular flexibility index (Phi) is 7.99. The molecule has 2 aromatic rings. The van der Waals surface area contributed by atoms with E-state index in [-0.39, 0.29) is 30.0 Å². The minimum absolute atomic E-state index is 0.180. The van der Waals surface area contributed by atoms with E-state index in [0.29, 0.717) is 32.3 Å². The molecule has 1 aliphatic heterocycles. The molecule has 0 aromatic carbocycles. The van der Waals surface area contributed by atoms with Gasteiger partial charge in [-0.1, -0.05) is 19.3 Å². The number of ether oxygens (including phenoxy) is 4. The highest BCUT2D eigenvalue weighted by Gasteiger charge is 2.18. The Morgan fingerprint density at radius 1 is 1.03 bits per heavy atom. The van der Waals surface area contributed by atoms with E-state index in [9.17, 15) is 9.59 Å². The lowest BCUT2D eigenvalue weighted by Gasteiger charge is -2.22. The van der Waals surface area contributed by atoms with Gasteiger partial charge in [0.25, 0.3) is 11.6 Å². The quantitative estimate of drug-likeness (QED) is 0.552. The van der Waals surface area contributed by atoms with E-state index < -0.39 is 11.2 Å². The van der Waals surface area contributed by atoms with E-state index >= 15 is 0 Å². The molecule has 1 saturated carbocycles. The standard InChI is InChI=1S/C22H34N4O6/c1-25-19-18(23-21(24-19)32-15-14-29-16-8-3-2-4-9-16)20(27)26(22(25)28)11-7-13-31-17-10-5-6-12-30-17/h16-17H,2-15H2,1H3,(H,23,24). The third kappa shape index (κ3) is 5.60. The smallest absolute Gasteiger partial charge is 0.332 e. The number of imidazole rings is 1. The van der Waals surface area contributed by atoms with Crippen molar-refractivity contribution in [1.82, 2.24) is 19.1 Å². The first-order chi connectivity index (χ1) is 15.6. The van der Waals surface area contributed by atoms with Crippen molar-refractivity contribution in [3.8, 4) is 6.01 Å². The maximum atomic E-state index is 12.9. The average molecular weight is 451 g/mol. The van der Waals surface area contributed by atoms with Crippen molar-refractivity contribution in [1.29, 1.82) is 0 Å². The molecule has 2 aromatic heterocycles. The van der Waals surface area contributed by atoms with Crippen LogP contribution in [0, 0.1) is 0 Å². The van der Waals surface area contributed by atoms with Gasteiger partial charge < -0.3 is 23.9 Å². The number of aryl methyl sites for hydroxylation is 1. The fourth-order valence-electron chi connectivity index (χ4n) is 4.36. The van der Waals surface area contributed by atoms with Crippen LogP contribution in [0.4, 0.5) is 0 Å². The van der Waals surface area contributed by atoms with Crippen LogP contribution in [0.15, 0.2) is 9.59 Å². The van der Waals surface area contributed by atoms with Gasteiger partial charge in [0.05, 0.1) is 19.3 Å². The molecule has 1 N–H and O–H groups in total. The molecule has 2 aliphatic rings. The van der Waals surface area contributed by atoms with E-state index in [2.05, 4.69) is 9.97 Å². The number of hydrogen-bond acceptors (Lipinski definition) is 7. The summed E-state index contributed by atoms with van der Waals surface area (Å²) in [4.78, 5) is 32.8. The van der Waals surface area contributed by atoms with Crippen molar-refractivity contribution >= 4 is 11.2 Å². The molecule has 1 atom stereocenters. The molecule has 0 amide bonds. The Balaban J connectivity index is 1.33. The van der Waals surface area contributed by atoms with Gasteiger partial charge in [-0.2, -0.15) is 4.98 Å². The van der Waals surface area contributed by atoms with Gasteiger partial charge in [-0.3, -0.25) is 13.9 Å². The second-order valence-corrected chi connectivity index (χ2v) is 8.54. The lowest BCUT2D eigenvalue weighted by atomic mass is 9.98. The Hall–Kier alpha value is -2.17. The molecule has 178 valence electrons. The van der Waals surface area contributed by atoms with Crippen molar-refractivity contribution in [2.45, 2.75) is 76.7 Å². The van der Waals surface area contributed by atoms with Crippen LogP contribution >= 0.6 is 0 Å². The monoisotopic (exact) mass is 450 g/mol. The first-order valence-corrected chi connectivity index (χ1v) is 11.8. The minimum atomic E-state index is -0.407. The normalized spacial score (nSPS) is 20.1. The number of aromatic nitrogens is 4. The van der Waals surface area contributed by atoms with Crippen LogP contribution in [0.2, 0.25) is 0 Å². The van der Waals surface area contributed by atoms with Crippen molar-refractivity contribution in [3.63, 3.8) is 0 Å². The Morgan fingerprint density at radius 3 is 2.62 bits per heavy atom. The largest absolute Gasteiger partial charge is 0.462 e. The summed E-state index contributed by atoms with van der Waals surface area (Å²) in [6.07, 6.45) is 9.64. The summed E-state index contributed by atoms with van der Waals surface area (Å²) < 4.78 is 25.3. The molecule has 32 heavy (non-hydrogen) atoms. The number of nitrogens with zero attached hydrogens (tertiary/aromatic N) is 3. The van der Waals surface area contributed by atoms with Gasteiger partial charge in [-0.05, 0) is 38.5 Å². The summed E-state index contributed by atoms with van der Waals surface area (Å²) >= 11 is 0. The van der Waals surface area contributed by atoms with E-state index in [4.69, 9.17) is 18.9 Å². The topological polar surface area (TPSA) is 110 Å². The van der Waals surface area contributed by atoms with Crippen LogP contribution in [0.1, 0.15) is 57.8 Å². The molecule has 1 saturated heterocycles. The van der Waals surface area contributed by atoms with Crippen molar-refractivity contribution in [2.75, 3.05) is 26.4 Å². The highest BCUT2D eigenvalue weighted by atomic mass is 16.7. The van der Waals surface area contributed by atoms with Crippen molar-refractivity contribution in [2.24, 2.45) is 7.05 Å². The van der Waals surface area contributed by atoms with Gasteiger partial charge in [0, 0.05) is 20.2 Å². The summed E-state index contributed by atoms with van der Waals surface area (Å²) in [5, 5.41) is 0. The SMILES string of the molecule is Cn1c(=O)n(CCCOC2CCCCO2)c(=O)c2[nH]c(OCCOC3CCCCC3)nc21. The summed E-state index contributed by atoms with van der Waals surface area (Å²) in [5.74, 6) is 0. The van der Waals surface area contributed by atoms with Crippen LogP contribution in [0.25, 0.3) is 11.2 Å². The first kappa shape index (κ1) is 23.0. The Bertz CT molecular complexity index is 985. The van der Waals surface area contributed by atoms with Crippen molar-refractivity contribution < 1.29 is 18.9 Å². The second kappa shape index (κ2) is 11.1. The maximum absolute atomic E-state index is 12.9. The highest BCUT2D eigenvalue weighted by molar-refractivity contribution is 5.70. The lowest BCUT2D eigenvalue weighted by Crippen LogP contribution is -2.39. The molecule has 0 bridgehead atoms. The number of nitrogens with one attached hydrogen (secondary N) is 1. The van der Waals surface area contributed by atoms with Crippen LogP contribution in [0.5, 0.6) is 6.01 Å². The molecule has 3 heterocycles. The molecule has 0 radical (unpaired) electrons. The second-order valence-electron chi connectivity index (χ2n) is 8.54. The third-order valence-electron chi connectivity index (χ3n) is 6.15. The zero-order valence-electron chi connectivity index (χ0n) is 18.8.